The van der Waals surface area contributed by atoms with Crippen LogP contribution in [-0.2, 0) is 30.6 Å². The molecule has 0 unspecified atom stereocenters. The number of hydrogen-bond donors (Lipinski definition) is 1. The van der Waals surface area contributed by atoms with E-state index in [1.165, 1.54) is 19.3 Å². The first kappa shape index (κ1) is 16.7. The Bertz CT molecular complexity index is 684. The van der Waals surface area contributed by atoms with Crippen molar-refractivity contribution in [1.29, 1.82) is 0 Å². The van der Waals surface area contributed by atoms with Gasteiger partial charge in [-0.1, -0.05) is 11.6 Å². The van der Waals surface area contributed by atoms with Crippen LogP contribution in [0.4, 0.5) is 0 Å². The summed E-state index contributed by atoms with van der Waals surface area (Å²) < 4.78 is 7.35. The minimum atomic E-state index is 0.0469. The Labute approximate surface area is 141 Å². The highest BCUT2D eigenvalue weighted by atomic mass is 16.5. The largest absolute Gasteiger partial charge is 0.361 e. The van der Waals surface area contributed by atoms with Gasteiger partial charge in [-0.3, -0.25) is 4.79 Å². The first-order chi connectivity index (χ1) is 11.6. The van der Waals surface area contributed by atoms with Gasteiger partial charge in [0.15, 0.2) is 0 Å². The van der Waals surface area contributed by atoms with Crippen molar-refractivity contribution in [2.75, 3.05) is 6.54 Å². The number of aromatic nitrogens is 4. The quantitative estimate of drug-likeness (QED) is 0.874. The Kier molecular flexibility index (Phi) is 5.27. The van der Waals surface area contributed by atoms with Gasteiger partial charge >= 0.3 is 0 Å². The SMILES string of the molecule is Cc1noc(C)c1CCC(=O)NCCc1nnc2n1CCCCC2. The third-order valence-electron chi connectivity index (χ3n) is 4.64. The maximum atomic E-state index is 12.0. The molecule has 0 fully saturated rings. The fraction of sp³-hybridized carbons (Fsp3) is 0.647. The number of nitrogens with one attached hydrogen (secondary N) is 1. The summed E-state index contributed by atoms with van der Waals surface area (Å²) in [6.45, 7) is 5.38. The van der Waals surface area contributed by atoms with Crippen molar-refractivity contribution in [3.05, 3.63) is 28.7 Å². The van der Waals surface area contributed by atoms with Crippen LogP contribution in [0, 0.1) is 13.8 Å². The van der Waals surface area contributed by atoms with E-state index in [1.54, 1.807) is 0 Å². The molecule has 7 nitrogen and oxygen atoms in total. The number of carbonyl (C=O) groups excluding carboxylic acids is 1. The molecule has 0 radical (unpaired) electrons. The molecule has 3 rings (SSSR count). The fourth-order valence-corrected chi connectivity index (χ4v) is 3.23. The van der Waals surface area contributed by atoms with Crippen molar-refractivity contribution in [3.8, 4) is 0 Å². The first-order valence-corrected chi connectivity index (χ1v) is 8.74. The van der Waals surface area contributed by atoms with Gasteiger partial charge in [-0.15, -0.1) is 10.2 Å². The molecule has 0 spiro atoms. The van der Waals surface area contributed by atoms with Crippen molar-refractivity contribution in [1.82, 2.24) is 25.2 Å². The predicted molar refractivity (Wildman–Crippen MR) is 88.6 cm³/mol. The van der Waals surface area contributed by atoms with Crippen LogP contribution in [-0.4, -0.2) is 32.4 Å². The van der Waals surface area contributed by atoms with E-state index < -0.39 is 0 Å². The summed E-state index contributed by atoms with van der Waals surface area (Å²) in [4.78, 5) is 12.0. The lowest BCUT2D eigenvalue weighted by Crippen LogP contribution is -2.26. The van der Waals surface area contributed by atoms with E-state index in [4.69, 9.17) is 4.52 Å². The lowest BCUT2D eigenvalue weighted by Gasteiger charge is -2.08. The highest BCUT2D eigenvalue weighted by Crippen LogP contribution is 2.15. The van der Waals surface area contributed by atoms with Crippen molar-refractivity contribution in [2.24, 2.45) is 0 Å². The number of hydrogen-bond acceptors (Lipinski definition) is 5. The number of rotatable bonds is 6. The Morgan fingerprint density at radius 2 is 2.08 bits per heavy atom. The summed E-state index contributed by atoms with van der Waals surface area (Å²) in [6.07, 6.45) is 6.47. The van der Waals surface area contributed by atoms with Crippen LogP contribution in [0.25, 0.3) is 0 Å². The second-order valence-corrected chi connectivity index (χ2v) is 6.40. The average Bonchev–Trinajstić information content (AvgIpc) is 2.99. The topological polar surface area (TPSA) is 85.8 Å². The second kappa shape index (κ2) is 7.59. The molecule has 0 atom stereocenters. The zero-order valence-corrected chi connectivity index (χ0v) is 14.5. The fourth-order valence-electron chi connectivity index (χ4n) is 3.23. The average molecular weight is 331 g/mol. The summed E-state index contributed by atoms with van der Waals surface area (Å²) in [5.74, 6) is 2.92. The van der Waals surface area contributed by atoms with Crippen molar-refractivity contribution in [2.45, 2.75) is 65.3 Å². The number of fused-ring (bicyclic) bond motifs is 1. The third kappa shape index (κ3) is 3.83. The highest BCUT2D eigenvalue weighted by Gasteiger charge is 2.15. The molecule has 1 N–H and O–H groups in total. The molecule has 2 aromatic heterocycles. The zero-order chi connectivity index (χ0) is 16.9. The third-order valence-corrected chi connectivity index (χ3v) is 4.64. The molecule has 7 heteroatoms. The lowest BCUT2D eigenvalue weighted by molar-refractivity contribution is -0.121. The van der Waals surface area contributed by atoms with Gasteiger partial charge in [0.05, 0.1) is 5.69 Å². The van der Waals surface area contributed by atoms with Crippen LogP contribution in [0.15, 0.2) is 4.52 Å². The van der Waals surface area contributed by atoms with E-state index in [2.05, 4.69) is 25.2 Å². The van der Waals surface area contributed by atoms with Crippen LogP contribution in [0.5, 0.6) is 0 Å². The smallest absolute Gasteiger partial charge is 0.220 e. The van der Waals surface area contributed by atoms with E-state index in [0.717, 1.165) is 48.1 Å². The molecule has 0 saturated carbocycles. The normalized spacial score (nSPS) is 14.2. The molecule has 0 saturated heterocycles. The molecule has 0 bridgehead atoms. The lowest BCUT2D eigenvalue weighted by atomic mass is 10.1. The zero-order valence-electron chi connectivity index (χ0n) is 14.5. The molecule has 130 valence electrons. The minimum absolute atomic E-state index is 0.0469. The minimum Gasteiger partial charge on any atom is -0.361 e. The number of aryl methyl sites for hydroxylation is 3. The summed E-state index contributed by atoms with van der Waals surface area (Å²) in [5, 5.41) is 15.5. The molecular formula is C17H25N5O2. The standard InChI is InChI=1S/C17H25N5O2/c1-12-14(13(2)24-21-12)7-8-17(23)18-10-9-16-20-19-15-6-4-3-5-11-22(15)16/h3-11H2,1-2H3,(H,18,23). The Morgan fingerprint density at radius 3 is 2.88 bits per heavy atom. The van der Waals surface area contributed by atoms with Gasteiger partial charge in [0.2, 0.25) is 5.91 Å². The van der Waals surface area contributed by atoms with Gasteiger partial charge in [-0.2, -0.15) is 0 Å². The Hall–Kier alpha value is -2.18. The molecule has 3 heterocycles. The molecule has 1 amide bonds. The van der Waals surface area contributed by atoms with E-state index in [9.17, 15) is 4.79 Å². The van der Waals surface area contributed by atoms with Crippen molar-refractivity contribution >= 4 is 5.91 Å². The summed E-state index contributed by atoms with van der Waals surface area (Å²) >= 11 is 0. The second-order valence-electron chi connectivity index (χ2n) is 6.40. The van der Waals surface area contributed by atoms with Crippen LogP contribution < -0.4 is 5.32 Å². The van der Waals surface area contributed by atoms with E-state index >= 15 is 0 Å². The maximum absolute atomic E-state index is 12.0. The van der Waals surface area contributed by atoms with Gasteiger partial charge in [0.1, 0.15) is 17.4 Å². The number of amides is 1. The molecule has 2 aromatic rings. The van der Waals surface area contributed by atoms with Gasteiger partial charge in [-0.25, -0.2) is 0 Å². The van der Waals surface area contributed by atoms with Crippen LogP contribution in [0.1, 0.15) is 54.3 Å². The number of carbonyl (C=O) groups is 1. The van der Waals surface area contributed by atoms with E-state index in [1.807, 2.05) is 13.8 Å². The summed E-state index contributed by atoms with van der Waals surface area (Å²) in [5.41, 5.74) is 1.90. The summed E-state index contributed by atoms with van der Waals surface area (Å²) in [6, 6.07) is 0. The van der Waals surface area contributed by atoms with Crippen LogP contribution in [0.2, 0.25) is 0 Å². The van der Waals surface area contributed by atoms with E-state index in [0.29, 0.717) is 19.4 Å². The monoisotopic (exact) mass is 331 g/mol. The van der Waals surface area contributed by atoms with Crippen LogP contribution >= 0.6 is 0 Å². The first-order valence-electron chi connectivity index (χ1n) is 8.74. The van der Waals surface area contributed by atoms with Crippen molar-refractivity contribution in [3.63, 3.8) is 0 Å². The molecular weight excluding hydrogens is 306 g/mol. The van der Waals surface area contributed by atoms with Crippen LogP contribution in [0.3, 0.4) is 0 Å². The molecule has 1 aliphatic rings. The molecule has 0 aromatic carbocycles. The molecule has 1 aliphatic heterocycles. The Morgan fingerprint density at radius 1 is 1.21 bits per heavy atom. The van der Waals surface area contributed by atoms with Gasteiger partial charge < -0.3 is 14.4 Å². The Balaban J connectivity index is 1.45. The van der Waals surface area contributed by atoms with Crippen molar-refractivity contribution < 1.29 is 9.32 Å². The van der Waals surface area contributed by atoms with Gasteiger partial charge in [-0.05, 0) is 33.1 Å². The van der Waals surface area contributed by atoms with E-state index in [-0.39, 0.29) is 5.91 Å². The summed E-state index contributed by atoms with van der Waals surface area (Å²) in [7, 11) is 0. The molecule has 24 heavy (non-hydrogen) atoms. The highest BCUT2D eigenvalue weighted by molar-refractivity contribution is 5.76. The maximum Gasteiger partial charge on any atom is 0.220 e. The van der Waals surface area contributed by atoms with Gasteiger partial charge in [0.25, 0.3) is 0 Å². The van der Waals surface area contributed by atoms with Gasteiger partial charge in [0, 0.05) is 37.9 Å². The predicted octanol–water partition coefficient (Wildman–Crippen LogP) is 1.90. The number of nitrogens with zero attached hydrogens (tertiary/aromatic N) is 4. The molecule has 0 aliphatic carbocycles.